The van der Waals surface area contributed by atoms with Crippen LogP contribution in [0.2, 0.25) is 5.02 Å². The lowest BCUT2D eigenvalue weighted by atomic mass is 10.2. The first-order valence-corrected chi connectivity index (χ1v) is 11.1. The highest BCUT2D eigenvalue weighted by Gasteiger charge is 2.23. The average molecular weight is 544 g/mol. The number of hydrogen-bond donors (Lipinski definition) is 2. The molecule has 2 N–H and O–H groups in total. The van der Waals surface area contributed by atoms with Gasteiger partial charge in [0.05, 0.1) is 0 Å². The Morgan fingerprint density at radius 1 is 1.23 bits per heavy atom. The number of anilines is 1. The lowest BCUT2D eigenvalue weighted by Crippen LogP contribution is -2.44. The lowest BCUT2D eigenvalue weighted by molar-refractivity contribution is 0.603. The second-order valence-corrected chi connectivity index (χ2v) is 8.18. The van der Waals surface area contributed by atoms with E-state index in [-0.39, 0.29) is 24.0 Å². The fourth-order valence-corrected chi connectivity index (χ4v) is 4.30. The molecular weight excluding hydrogens is 513 g/mol. The summed E-state index contributed by atoms with van der Waals surface area (Å²) in [5.41, 5.74) is 1.18. The zero-order valence-electron chi connectivity index (χ0n) is 17.5. The van der Waals surface area contributed by atoms with Crippen LogP contribution in [0.5, 0.6) is 0 Å². The van der Waals surface area contributed by atoms with E-state index in [2.05, 4.69) is 43.3 Å². The molecule has 1 fully saturated rings. The molecule has 4 rings (SSSR count). The maximum Gasteiger partial charge on any atom is 0.191 e. The van der Waals surface area contributed by atoms with Crippen molar-refractivity contribution in [3.63, 3.8) is 0 Å². The number of aromatic nitrogens is 3. The van der Waals surface area contributed by atoms with Gasteiger partial charge in [0.15, 0.2) is 11.8 Å². The van der Waals surface area contributed by atoms with Gasteiger partial charge < -0.3 is 20.1 Å². The monoisotopic (exact) mass is 543 g/mol. The van der Waals surface area contributed by atoms with E-state index in [1.54, 1.807) is 0 Å². The number of aliphatic imine (C=N–C) groups is 1. The van der Waals surface area contributed by atoms with Crippen LogP contribution in [0, 0.1) is 0 Å². The van der Waals surface area contributed by atoms with E-state index in [9.17, 15) is 0 Å². The molecule has 1 aromatic carbocycles. The smallest absolute Gasteiger partial charge is 0.191 e. The molecule has 1 aromatic heterocycles. The van der Waals surface area contributed by atoms with Crippen LogP contribution in [0.3, 0.4) is 0 Å². The quantitative estimate of drug-likeness (QED) is 0.343. The molecule has 0 aliphatic carbocycles. The van der Waals surface area contributed by atoms with Gasteiger partial charge in [-0.3, -0.25) is 0 Å². The minimum Gasteiger partial charge on any atom is -0.369 e. The third-order valence-corrected chi connectivity index (χ3v) is 5.85. The van der Waals surface area contributed by atoms with Crippen LogP contribution in [0.25, 0.3) is 0 Å². The molecular formula is C21H31ClIN7. The van der Waals surface area contributed by atoms with E-state index < -0.39 is 0 Å². The number of aryl methyl sites for hydroxylation is 1. The molecule has 0 bridgehead atoms. The Labute approximate surface area is 200 Å². The van der Waals surface area contributed by atoms with Gasteiger partial charge >= 0.3 is 0 Å². The number of rotatable bonds is 5. The third kappa shape index (κ3) is 5.78. The van der Waals surface area contributed by atoms with Crippen molar-refractivity contribution in [2.75, 3.05) is 24.5 Å². The molecule has 9 heteroatoms. The fourth-order valence-electron chi connectivity index (χ4n) is 4.11. The zero-order valence-corrected chi connectivity index (χ0v) is 20.6. The Morgan fingerprint density at radius 2 is 2.13 bits per heavy atom. The van der Waals surface area contributed by atoms with Crippen LogP contribution in [0.1, 0.15) is 44.3 Å². The van der Waals surface area contributed by atoms with Crippen molar-refractivity contribution >= 4 is 47.2 Å². The molecule has 2 aliphatic rings. The standard InChI is InChI=1S/C21H30ClN7.HI/c1-2-23-21(24-14-20-27-26-19-9-4-3-5-11-29(19)20)25-17-10-12-28(15-17)18-8-6-7-16(22)13-18;/h6-8,13,17H,2-5,9-12,14-15H2,1H3,(H2,23,24,25);1H. The minimum atomic E-state index is 0. The first-order valence-electron chi connectivity index (χ1n) is 10.7. The van der Waals surface area contributed by atoms with E-state index in [1.807, 2.05) is 18.2 Å². The van der Waals surface area contributed by atoms with Gasteiger partial charge in [-0.15, -0.1) is 34.2 Å². The van der Waals surface area contributed by atoms with Crippen molar-refractivity contribution in [2.45, 2.75) is 58.2 Å². The van der Waals surface area contributed by atoms with Crippen molar-refractivity contribution in [3.05, 3.63) is 40.9 Å². The largest absolute Gasteiger partial charge is 0.369 e. The Kier molecular flexibility index (Phi) is 8.61. The van der Waals surface area contributed by atoms with Crippen LogP contribution < -0.4 is 15.5 Å². The first-order chi connectivity index (χ1) is 14.2. The van der Waals surface area contributed by atoms with E-state index >= 15 is 0 Å². The number of hydrogen-bond acceptors (Lipinski definition) is 4. The molecule has 3 heterocycles. The highest BCUT2D eigenvalue weighted by molar-refractivity contribution is 14.0. The summed E-state index contributed by atoms with van der Waals surface area (Å²) in [7, 11) is 0. The summed E-state index contributed by atoms with van der Waals surface area (Å²) in [6, 6.07) is 8.41. The van der Waals surface area contributed by atoms with Gasteiger partial charge in [0.25, 0.3) is 0 Å². The third-order valence-electron chi connectivity index (χ3n) is 5.61. The van der Waals surface area contributed by atoms with Crippen LogP contribution in [-0.4, -0.2) is 46.4 Å². The highest BCUT2D eigenvalue weighted by atomic mass is 127. The molecule has 2 aliphatic heterocycles. The second-order valence-electron chi connectivity index (χ2n) is 7.75. The van der Waals surface area contributed by atoms with Crippen molar-refractivity contribution in [3.8, 4) is 0 Å². The molecule has 164 valence electrons. The molecule has 0 radical (unpaired) electrons. The average Bonchev–Trinajstić information content (AvgIpc) is 3.27. The van der Waals surface area contributed by atoms with Crippen molar-refractivity contribution in [1.82, 2.24) is 25.4 Å². The SMILES string of the molecule is CCNC(=NCc1nnc2n1CCCCC2)NC1CCN(c2cccc(Cl)c2)C1.I. The zero-order chi connectivity index (χ0) is 20.1. The first kappa shape index (κ1) is 23.1. The summed E-state index contributed by atoms with van der Waals surface area (Å²) in [4.78, 5) is 7.17. The number of guanidine groups is 1. The molecule has 0 saturated carbocycles. The number of nitrogens with one attached hydrogen (secondary N) is 2. The molecule has 1 atom stereocenters. The van der Waals surface area contributed by atoms with E-state index in [4.69, 9.17) is 16.6 Å². The Bertz CT molecular complexity index is 854. The lowest BCUT2D eigenvalue weighted by Gasteiger charge is -2.20. The van der Waals surface area contributed by atoms with Gasteiger partial charge in [-0.1, -0.05) is 24.1 Å². The predicted octanol–water partition coefficient (Wildman–Crippen LogP) is 3.61. The Morgan fingerprint density at radius 3 is 2.97 bits per heavy atom. The van der Waals surface area contributed by atoms with Crippen molar-refractivity contribution < 1.29 is 0 Å². The summed E-state index contributed by atoms with van der Waals surface area (Å²) in [5.74, 6) is 2.92. The maximum atomic E-state index is 6.15. The minimum absolute atomic E-state index is 0. The fraction of sp³-hybridized carbons (Fsp3) is 0.571. The molecule has 0 amide bonds. The Hall–Kier alpha value is -1.55. The van der Waals surface area contributed by atoms with Crippen LogP contribution >= 0.6 is 35.6 Å². The van der Waals surface area contributed by atoms with Crippen LogP contribution in [0.15, 0.2) is 29.3 Å². The van der Waals surface area contributed by atoms with Gasteiger partial charge in [-0.05, 0) is 44.4 Å². The normalized spacial score (nSPS) is 19.1. The molecule has 1 unspecified atom stereocenters. The predicted molar refractivity (Wildman–Crippen MR) is 133 cm³/mol. The van der Waals surface area contributed by atoms with Crippen molar-refractivity contribution in [1.29, 1.82) is 0 Å². The summed E-state index contributed by atoms with van der Waals surface area (Å²) < 4.78 is 2.26. The number of nitrogens with zero attached hydrogens (tertiary/aromatic N) is 5. The van der Waals surface area contributed by atoms with Gasteiger partial charge in [0.2, 0.25) is 0 Å². The van der Waals surface area contributed by atoms with Gasteiger partial charge in [-0.2, -0.15) is 0 Å². The highest BCUT2D eigenvalue weighted by Crippen LogP contribution is 2.23. The van der Waals surface area contributed by atoms with Gasteiger partial charge in [0.1, 0.15) is 12.4 Å². The number of fused-ring (bicyclic) bond motifs is 1. The number of halogens is 2. The van der Waals surface area contributed by atoms with Gasteiger partial charge in [-0.25, -0.2) is 4.99 Å². The molecule has 30 heavy (non-hydrogen) atoms. The molecule has 0 spiro atoms. The number of benzene rings is 1. The van der Waals surface area contributed by atoms with Gasteiger partial charge in [0, 0.05) is 49.4 Å². The van der Waals surface area contributed by atoms with Crippen molar-refractivity contribution in [2.24, 2.45) is 4.99 Å². The summed E-state index contributed by atoms with van der Waals surface area (Å²) in [6.45, 7) is 6.42. The summed E-state index contributed by atoms with van der Waals surface area (Å²) in [5, 5.41) is 16.5. The maximum absolute atomic E-state index is 6.15. The van der Waals surface area contributed by atoms with E-state index in [0.717, 1.165) is 61.7 Å². The molecule has 2 aromatic rings. The Balaban J connectivity index is 0.00000256. The second kappa shape index (κ2) is 11.2. The molecule has 7 nitrogen and oxygen atoms in total. The summed E-state index contributed by atoms with van der Waals surface area (Å²) in [6.07, 6.45) is 5.76. The van der Waals surface area contributed by atoms with Crippen LogP contribution in [-0.2, 0) is 19.5 Å². The topological polar surface area (TPSA) is 70.4 Å². The van der Waals surface area contributed by atoms with E-state index in [0.29, 0.717) is 12.6 Å². The van der Waals surface area contributed by atoms with E-state index in [1.165, 1.54) is 24.9 Å². The molecule has 1 saturated heterocycles. The van der Waals surface area contributed by atoms with Crippen LogP contribution in [0.4, 0.5) is 5.69 Å². The summed E-state index contributed by atoms with van der Waals surface area (Å²) >= 11 is 6.15.